The molecule has 0 bridgehead atoms. The Labute approximate surface area is 139 Å². The van der Waals surface area contributed by atoms with Crippen molar-refractivity contribution in [3.63, 3.8) is 0 Å². The molecule has 1 rings (SSSR count). The third-order valence-corrected chi connectivity index (χ3v) is 3.98. The summed E-state index contributed by atoms with van der Waals surface area (Å²) < 4.78 is 0. The molecule has 0 aliphatic rings. The minimum Gasteiger partial charge on any atom is -0.481 e. The van der Waals surface area contributed by atoms with Crippen molar-refractivity contribution < 1.29 is 14.7 Å². The van der Waals surface area contributed by atoms with Crippen molar-refractivity contribution in [2.45, 2.75) is 46.0 Å². The summed E-state index contributed by atoms with van der Waals surface area (Å²) in [6, 6.07) is 9.02. The Morgan fingerprint density at radius 3 is 2.09 bits per heavy atom. The van der Waals surface area contributed by atoms with Gasteiger partial charge >= 0.3 is 5.97 Å². The monoisotopic (exact) mass is 319 g/mol. The number of hydrogen-bond donors (Lipinski definition) is 1. The van der Waals surface area contributed by atoms with Crippen LogP contribution in [0, 0.1) is 5.92 Å². The lowest BCUT2D eigenvalue weighted by Crippen LogP contribution is -2.36. The maximum absolute atomic E-state index is 12.7. The van der Waals surface area contributed by atoms with Crippen LogP contribution in [0.1, 0.15) is 56.3 Å². The molecule has 4 nitrogen and oxygen atoms in total. The summed E-state index contributed by atoms with van der Waals surface area (Å²) in [5, 5.41) is 9.17. The van der Waals surface area contributed by atoms with Crippen molar-refractivity contribution in [3.8, 4) is 0 Å². The molecular weight excluding hydrogens is 290 g/mol. The van der Waals surface area contributed by atoms with Crippen molar-refractivity contribution in [2.75, 3.05) is 19.6 Å². The Balaban J connectivity index is 2.81. The highest BCUT2D eigenvalue weighted by molar-refractivity contribution is 5.99. The highest BCUT2D eigenvalue weighted by Crippen LogP contribution is 2.16. The van der Waals surface area contributed by atoms with Gasteiger partial charge in [-0.05, 0) is 25.9 Å². The highest BCUT2D eigenvalue weighted by Gasteiger charge is 2.25. The van der Waals surface area contributed by atoms with E-state index < -0.39 is 11.9 Å². The minimum absolute atomic E-state index is 0.0639. The van der Waals surface area contributed by atoms with Crippen LogP contribution in [-0.2, 0) is 4.79 Å². The van der Waals surface area contributed by atoms with E-state index in [0.717, 1.165) is 38.8 Å². The number of benzene rings is 1. The van der Waals surface area contributed by atoms with Gasteiger partial charge in [-0.3, -0.25) is 9.59 Å². The molecule has 1 aromatic carbocycles. The zero-order valence-electron chi connectivity index (χ0n) is 14.3. The number of carboxylic acids is 1. The van der Waals surface area contributed by atoms with E-state index in [1.54, 1.807) is 12.1 Å². The number of hydrogen-bond acceptors (Lipinski definition) is 3. The Morgan fingerprint density at radius 2 is 1.61 bits per heavy atom. The van der Waals surface area contributed by atoms with Gasteiger partial charge in [0.1, 0.15) is 0 Å². The van der Waals surface area contributed by atoms with Crippen LogP contribution in [-0.4, -0.2) is 41.4 Å². The molecule has 0 aliphatic heterocycles. The van der Waals surface area contributed by atoms with E-state index in [-0.39, 0.29) is 12.2 Å². The predicted octanol–water partition coefficient (Wildman–Crippen LogP) is 3.86. The molecule has 0 amide bonds. The number of unbranched alkanes of at least 4 members (excludes halogenated alkanes) is 2. The summed E-state index contributed by atoms with van der Waals surface area (Å²) in [7, 11) is 0. The molecule has 0 heterocycles. The number of rotatable bonds is 12. The average molecular weight is 319 g/mol. The molecule has 1 atom stereocenters. The number of aliphatic carboxylic acids is 1. The van der Waals surface area contributed by atoms with Crippen LogP contribution < -0.4 is 0 Å². The number of carbonyl (C=O) groups is 2. The molecule has 0 radical (unpaired) electrons. The van der Waals surface area contributed by atoms with E-state index in [0.29, 0.717) is 12.1 Å². The van der Waals surface area contributed by atoms with Gasteiger partial charge in [-0.15, -0.1) is 0 Å². The SMILES string of the molecule is CCCCN(CCCC)CC(CC(=O)O)C(=O)c1ccccc1. The molecule has 0 fully saturated rings. The van der Waals surface area contributed by atoms with Gasteiger partial charge in [0.25, 0.3) is 0 Å². The third kappa shape index (κ3) is 7.42. The lowest BCUT2D eigenvalue weighted by atomic mass is 9.93. The first kappa shape index (κ1) is 19.4. The molecule has 23 heavy (non-hydrogen) atoms. The largest absolute Gasteiger partial charge is 0.481 e. The van der Waals surface area contributed by atoms with E-state index in [9.17, 15) is 14.7 Å². The molecule has 1 unspecified atom stereocenters. The number of nitrogens with zero attached hydrogens (tertiary/aromatic N) is 1. The van der Waals surface area contributed by atoms with Crippen LogP contribution in [0.25, 0.3) is 0 Å². The summed E-state index contributed by atoms with van der Waals surface area (Å²) in [4.78, 5) is 26.1. The van der Waals surface area contributed by atoms with Gasteiger partial charge in [0.15, 0.2) is 5.78 Å². The van der Waals surface area contributed by atoms with Gasteiger partial charge in [-0.25, -0.2) is 0 Å². The van der Waals surface area contributed by atoms with Gasteiger partial charge in [-0.2, -0.15) is 0 Å². The maximum Gasteiger partial charge on any atom is 0.304 e. The molecule has 128 valence electrons. The molecule has 0 saturated carbocycles. The fourth-order valence-corrected chi connectivity index (χ4v) is 2.66. The molecule has 0 saturated heterocycles. The fourth-order valence-electron chi connectivity index (χ4n) is 2.66. The van der Waals surface area contributed by atoms with Gasteiger partial charge in [0.2, 0.25) is 0 Å². The Hall–Kier alpha value is -1.68. The van der Waals surface area contributed by atoms with Crippen molar-refractivity contribution in [1.82, 2.24) is 4.90 Å². The smallest absolute Gasteiger partial charge is 0.304 e. The van der Waals surface area contributed by atoms with Gasteiger partial charge in [0, 0.05) is 18.0 Å². The fraction of sp³-hybridized carbons (Fsp3) is 0.579. The first-order valence-corrected chi connectivity index (χ1v) is 8.61. The average Bonchev–Trinajstić information content (AvgIpc) is 2.56. The predicted molar refractivity (Wildman–Crippen MR) is 92.8 cm³/mol. The van der Waals surface area contributed by atoms with Gasteiger partial charge in [-0.1, -0.05) is 57.0 Å². The van der Waals surface area contributed by atoms with Crippen LogP contribution in [0.3, 0.4) is 0 Å². The van der Waals surface area contributed by atoms with Crippen LogP contribution in [0.15, 0.2) is 30.3 Å². The molecule has 4 heteroatoms. The Kier molecular flexibility index (Phi) is 9.22. The summed E-state index contributed by atoms with van der Waals surface area (Å²) >= 11 is 0. The van der Waals surface area contributed by atoms with E-state index in [4.69, 9.17) is 0 Å². The second-order valence-electron chi connectivity index (χ2n) is 6.03. The number of Topliss-reactive ketones (excluding diaryl/α,β-unsaturated/α-hetero) is 1. The van der Waals surface area contributed by atoms with Gasteiger partial charge < -0.3 is 10.0 Å². The van der Waals surface area contributed by atoms with Crippen molar-refractivity contribution in [3.05, 3.63) is 35.9 Å². The molecule has 0 spiro atoms. The lowest BCUT2D eigenvalue weighted by molar-refractivity contribution is -0.137. The summed E-state index contributed by atoms with van der Waals surface area (Å²) in [5.74, 6) is -1.46. The standard InChI is InChI=1S/C19H29NO3/c1-3-5-12-20(13-6-4-2)15-17(14-18(21)22)19(23)16-10-8-7-9-11-16/h7-11,17H,3-6,12-15H2,1-2H3,(H,21,22). The third-order valence-electron chi connectivity index (χ3n) is 3.98. The lowest BCUT2D eigenvalue weighted by Gasteiger charge is -2.26. The zero-order valence-corrected chi connectivity index (χ0v) is 14.3. The second-order valence-corrected chi connectivity index (χ2v) is 6.03. The van der Waals surface area contributed by atoms with Crippen molar-refractivity contribution in [2.24, 2.45) is 5.92 Å². The number of carboxylic acid groups (broad SMARTS) is 1. The normalized spacial score (nSPS) is 12.3. The van der Waals surface area contributed by atoms with E-state index in [2.05, 4.69) is 18.7 Å². The van der Waals surface area contributed by atoms with E-state index in [1.807, 2.05) is 18.2 Å². The molecular formula is C19H29NO3. The second kappa shape index (κ2) is 10.9. The number of ketones is 1. The Bertz CT molecular complexity index is 465. The van der Waals surface area contributed by atoms with E-state index in [1.165, 1.54) is 0 Å². The van der Waals surface area contributed by atoms with E-state index >= 15 is 0 Å². The summed E-state index contributed by atoms with van der Waals surface area (Å²) in [6.07, 6.45) is 4.23. The van der Waals surface area contributed by atoms with Crippen LogP contribution in [0.4, 0.5) is 0 Å². The molecule has 0 aromatic heterocycles. The van der Waals surface area contributed by atoms with Crippen LogP contribution in [0.2, 0.25) is 0 Å². The topological polar surface area (TPSA) is 57.6 Å². The molecule has 0 aliphatic carbocycles. The highest BCUT2D eigenvalue weighted by atomic mass is 16.4. The van der Waals surface area contributed by atoms with Crippen LogP contribution >= 0.6 is 0 Å². The summed E-state index contributed by atoms with van der Waals surface area (Å²) in [6.45, 7) is 6.66. The molecule has 1 aromatic rings. The quantitative estimate of drug-likeness (QED) is 0.594. The number of carbonyl (C=O) groups excluding carboxylic acids is 1. The summed E-state index contributed by atoms with van der Waals surface area (Å²) in [5.41, 5.74) is 0.602. The Morgan fingerprint density at radius 1 is 1.04 bits per heavy atom. The van der Waals surface area contributed by atoms with Crippen molar-refractivity contribution in [1.29, 1.82) is 0 Å². The zero-order chi connectivity index (χ0) is 17.1. The first-order chi connectivity index (χ1) is 11.1. The van der Waals surface area contributed by atoms with Gasteiger partial charge in [0.05, 0.1) is 6.42 Å². The first-order valence-electron chi connectivity index (χ1n) is 8.61. The van der Waals surface area contributed by atoms with Crippen molar-refractivity contribution >= 4 is 11.8 Å². The minimum atomic E-state index is -0.912. The maximum atomic E-state index is 12.7. The molecule has 1 N–H and O–H groups in total. The van der Waals surface area contributed by atoms with Crippen LogP contribution in [0.5, 0.6) is 0 Å².